The summed E-state index contributed by atoms with van der Waals surface area (Å²) in [5, 5.41) is 9.72. The highest BCUT2D eigenvalue weighted by Gasteiger charge is 2.09. The van der Waals surface area contributed by atoms with Crippen LogP contribution >= 0.6 is 15.9 Å². The molecule has 1 rings (SSSR count). The van der Waals surface area contributed by atoms with Gasteiger partial charge in [0.05, 0.1) is 6.10 Å². The number of benzene rings is 1. The van der Waals surface area contributed by atoms with E-state index in [0.717, 1.165) is 22.9 Å². The van der Waals surface area contributed by atoms with Crippen LogP contribution in [0.15, 0.2) is 22.7 Å². The van der Waals surface area contributed by atoms with E-state index in [9.17, 15) is 5.11 Å². The summed E-state index contributed by atoms with van der Waals surface area (Å²) in [5.74, 6) is 0. The number of anilines is 1. The first kappa shape index (κ1) is 10.5. The average Bonchev–Trinajstić information content (AvgIpc) is 2.09. The van der Waals surface area contributed by atoms with Crippen LogP contribution in [0.2, 0.25) is 0 Å². The van der Waals surface area contributed by atoms with Crippen LogP contribution in [-0.4, -0.2) is 5.11 Å². The summed E-state index contributed by atoms with van der Waals surface area (Å²) >= 11 is 3.35. The van der Waals surface area contributed by atoms with Crippen molar-refractivity contribution in [1.29, 1.82) is 0 Å². The molecule has 3 heteroatoms. The minimum absolute atomic E-state index is 0.442. The molecule has 2 nitrogen and oxygen atoms in total. The molecule has 0 aliphatic heterocycles. The second-order valence-electron chi connectivity index (χ2n) is 3.08. The van der Waals surface area contributed by atoms with E-state index in [4.69, 9.17) is 5.73 Å². The second kappa shape index (κ2) is 4.63. The Labute approximate surface area is 86.9 Å². The maximum Gasteiger partial charge on any atom is 0.0810 e. The van der Waals surface area contributed by atoms with Crippen molar-refractivity contribution in [2.75, 3.05) is 5.73 Å². The van der Waals surface area contributed by atoms with Crippen LogP contribution < -0.4 is 5.73 Å². The lowest BCUT2D eigenvalue weighted by Crippen LogP contribution is -2.01. The Kier molecular flexibility index (Phi) is 3.75. The van der Waals surface area contributed by atoms with Gasteiger partial charge in [-0.2, -0.15) is 0 Å². The maximum absolute atomic E-state index is 9.72. The van der Waals surface area contributed by atoms with Crippen molar-refractivity contribution >= 4 is 21.6 Å². The zero-order valence-electron chi connectivity index (χ0n) is 7.63. The summed E-state index contributed by atoms with van der Waals surface area (Å²) in [6.07, 6.45) is 1.26. The van der Waals surface area contributed by atoms with Crippen LogP contribution in [0.4, 0.5) is 5.69 Å². The monoisotopic (exact) mass is 243 g/mol. The minimum atomic E-state index is -0.442. The van der Waals surface area contributed by atoms with Gasteiger partial charge in [0.15, 0.2) is 0 Å². The van der Waals surface area contributed by atoms with Gasteiger partial charge in [-0.3, -0.25) is 0 Å². The Morgan fingerprint density at radius 1 is 1.54 bits per heavy atom. The van der Waals surface area contributed by atoms with Crippen LogP contribution in [0, 0.1) is 0 Å². The lowest BCUT2D eigenvalue weighted by atomic mass is 10.0. The van der Waals surface area contributed by atoms with Crippen LogP contribution in [0.1, 0.15) is 31.4 Å². The normalized spacial score (nSPS) is 12.8. The molecule has 1 aromatic rings. The minimum Gasteiger partial charge on any atom is -0.398 e. The number of nitrogen functional groups attached to an aromatic ring is 1. The number of hydrogen-bond donors (Lipinski definition) is 2. The zero-order valence-corrected chi connectivity index (χ0v) is 9.21. The lowest BCUT2D eigenvalue weighted by molar-refractivity contribution is 0.167. The van der Waals surface area contributed by atoms with Crippen LogP contribution in [0.25, 0.3) is 0 Å². The number of hydrogen-bond acceptors (Lipinski definition) is 2. The molecule has 0 saturated heterocycles. The van der Waals surface area contributed by atoms with E-state index in [-0.39, 0.29) is 0 Å². The van der Waals surface area contributed by atoms with E-state index in [1.807, 2.05) is 19.1 Å². The van der Waals surface area contributed by atoms with Gasteiger partial charge in [-0.15, -0.1) is 0 Å². The van der Waals surface area contributed by atoms with Crippen LogP contribution in [0.5, 0.6) is 0 Å². The summed E-state index contributed by atoms with van der Waals surface area (Å²) in [6, 6.07) is 5.55. The molecule has 1 aromatic carbocycles. The molecule has 1 unspecified atom stereocenters. The van der Waals surface area contributed by atoms with Gasteiger partial charge in [0.1, 0.15) is 0 Å². The first-order chi connectivity index (χ1) is 6.15. The molecular formula is C10H14BrNO. The van der Waals surface area contributed by atoms with E-state index in [2.05, 4.69) is 15.9 Å². The number of aliphatic hydroxyl groups excluding tert-OH is 1. The van der Waals surface area contributed by atoms with Gasteiger partial charge < -0.3 is 10.8 Å². The van der Waals surface area contributed by atoms with Crippen LogP contribution in [0.3, 0.4) is 0 Å². The van der Waals surface area contributed by atoms with Gasteiger partial charge in [0.25, 0.3) is 0 Å². The fourth-order valence-corrected chi connectivity index (χ4v) is 1.64. The van der Waals surface area contributed by atoms with Crippen molar-refractivity contribution in [2.24, 2.45) is 0 Å². The van der Waals surface area contributed by atoms with Gasteiger partial charge in [-0.05, 0) is 24.6 Å². The van der Waals surface area contributed by atoms with Crippen molar-refractivity contribution in [3.63, 3.8) is 0 Å². The van der Waals surface area contributed by atoms with E-state index in [0.29, 0.717) is 5.69 Å². The molecule has 3 N–H and O–H groups in total. The molecule has 0 aromatic heterocycles. The highest BCUT2D eigenvalue weighted by atomic mass is 79.9. The average molecular weight is 244 g/mol. The van der Waals surface area contributed by atoms with Gasteiger partial charge >= 0.3 is 0 Å². The smallest absolute Gasteiger partial charge is 0.0810 e. The van der Waals surface area contributed by atoms with E-state index >= 15 is 0 Å². The molecule has 0 amide bonds. The van der Waals surface area contributed by atoms with Crippen molar-refractivity contribution < 1.29 is 5.11 Å². The van der Waals surface area contributed by atoms with E-state index < -0.39 is 6.10 Å². The lowest BCUT2D eigenvalue weighted by Gasteiger charge is -2.12. The number of aliphatic hydroxyl groups is 1. The summed E-state index contributed by atoms with van der Waals surface area (Å²) in [6.45, 7) is 2.04. The first-order valence-corrected chi connectivity index (χ1v) is 5.17. The molecular weight excluding hydrogens is 230 g/mol. The van der Waals surface area contributed by atoms with Gasteiger partial charge in [-0.1, -0.05) is 29.3 Å². The van der Waals surface area contributed by atoms with Gasteiger partial charge in [-0.25, -0.2) is 0 Å². The van der Waals surface area contributed by atoms with Crippen molar-refractivity contribution in [2.45, 2.75) is 25.9 Å². The molecule has 0 aliphatic carbocycles. The van der Waals surface area contributed by atoms with Gasteiger partial charge in [0, 0.05) is 15.7 Å². The quantitative estimate of drug-likeness (QED) is 0.803. The number of rotatable bonds is 3. The largest absolute Gasteiger partial charge is 0.398 e. The topological polar surface area (TPSA) is 46.2 Å². The van der Waals surface area contributed by atoms with E-state index in [1.165, 1.54) is 0 Å². The Hall–Kier alpha value is -0.540. The molecule has 0 aliphatic rings. The molecule has 72 valence electrons. The molecule has 0 radical (unpaired) electrons. The number of halogens is 1. The second-order valence-corrected chi connectivity index (χ2v) is 3.99. The Morgan fingerprint density at radius 3 is 2.85 bits per heavy atom. The summed E-state index contributed by atoms with van der Waals surface area (Å²) in [5.41, 5.74) is 7.21. The molecule has 0 bridgehead atoms. The summed E-state index contributed by atoms with van der Waals surface area (Å²) in [4.78, 5) is 0. The zero-order chi connectivity index (χ0) is 9.84. The number of nitrogens with two attached hydrogens (primary N) is 1. The standard InChI is InChI=1S/C10H14BrNO/c1-2-3-10(13)8-6-7(11)4-5-9(8)12/h4-6,10,13H,2-3,12H2,1H3. The Morgan fingerprint density at radius 2 is 2.23 bits per heavy atom. The predicted molar refractivity (Wildman–Crippen MR) is 58.4 cm³/mol. The fraction of sp³-hybridized carbons (Fsp3) is 0.400. The molecule has 0 fully saturated rings. The van der Waals surface area contributed by atoms with Gasteiger partial charge in [0.2, 0.25) is 0 Å². The Balaban J connectivity index is 2.91. The fourth-order valence-electron chi connectivity index (χ4n) is 1.26. The molecule has 13 heavy (non-hydrogen) atoms. The van der Waals surface area contributed by atoms with E-state index in [1.54, 1.807) is 6.07 Å². The first-order valence-electron chi connectivity index (χ1n) is 4.38. The third-order valence-electron chi connectivity index (χ3n) is 1.97. The van der Waals surface area contributed by atoms with Crippen LogP contribution in [-0.2, 0) is 0 Å². The van der Waals surface area contributed by atoms with Crippen molar-refractivity contribution in [3.8, 4) is 0 Å². The third kappa shape index (κ3) is 2.71. The molecule has 0 spiro atoms. The SMILES string of the molecule is CCCC(O)c1cc(Br)ccc1N. The van der Waals surface area contributed by atoms with Crippen molar-refractivity contribution in [3.05, 3.63) is 28.2 Å². The summed E-state index contributed by atoms with van der Waals surface area (Å²) in [7, 11) is 0. The summed E-state index contributed by atoms with van der Waals surface area (Å²) < 4.78 is 0.951. The molecule has 1 atom stereocenters. The highest BCUT2D eigenvalue weighted by molar-refractivity contribution is 9.10. The maximum atomic E-state index is 9.72. The molecule has 0 saturated carbocycles. The molecule has 0 heterocycles. The predicted octanol–water partition coefficient (Wildman–Crippen LogP) is 2.86. The third-order valence-corrected chi connectivity index (χ3v) is 2.46. The Bertz CT molecular complexity index is 288. The highest BCUT2D eigenvalue weighted by Crippen LogP contribution is 2.26. The van der Waals surface area contributed by atoms with Crippen molar-refractivity contribution in [1.82, 2.24) is 0 Å².